The van der Waals surface area contributed by atoms with E-state index in [2.05, 4.69) is 10.6 Å². The smallest absolute Gasteiger partial charge is 0.319 e. The van der Waals surface area contributed by atoms with E-state index in [9.17, 15) is 14.4 Å². The lowest BCUT2D eigenvalue weighted by molar-refractivity contribution is -0.148. The minimum absolute atomic E-state index is 0.141. The van der Waals surface area contributed by atoms with Crippen molar-refractivity contribution in [3.8, 4) is 0 Å². The number of aryl methyl sites for hydroxylation is 1. The molecule has 4 fully saturated rings. The van der Waals surface area contributed by atoms with E-state index >= 15 is 0 Å². The predicted octanol–water partition coefficient (Wildman–Crippen LogP) is 3.93. The molecule has 0 aliphatic heterocycles. The largest absolute Gasteiger partial charge is 0.455 e. The fourth-order valence-corrected chi connectivity index (χ4v) is 6.88. The van der Waals surface area contributed by atoms with Crippen LogP contribution in [0.1, 0.15) is 51.0 Å². The van der Waals surface area contributed by atoms with Gasteiger partial charge in [0.05, 0.1) is 5.75 Å². The number of benzene rings is 1. The third-order valence-electron chi connectivity index (χ3n) is 7.30. The molecule has 0 spiro atoms. The number of anilines is 1. The number of hydrogen-bond acceptors (Lipinski definition) is 5. The average molecular weight is 459 g/mol. The van der Waals surface area contributed by atoms with Crippen LogP contribution in [0.4, 0.5) is 5.69 Å². The van der Waals surface area contributed by atoms with Gasteiger partial charge in [-0.15, -0.1) is 11.8 Å². The van der Waals surface area contributed by atoms with E-state index in [1.54, 1.807) is 6.92 Å². The number of hydrogen-bond donors (Lipinski definition) is 2. The molecule has 1 atom stereocenters. The number of nitrogens with one attached hydrogen (secondary N) is 2. The Balaban J connectivity index is 1.13. The maximum Gasteiger partial charge on any atom is 0.319 e. The summed E-state index contributed by atoms with van der Waals surface area (Å²) in [5, 5.41) is 5.32. The van der Waals surface area contributed by atoms with Gasteiger partial charge in [0.2, 0.25) is 5.91 Å². The Morgan fingerprint density at radius 1 is 1.03 bits per heavy atom. The molecule has 0 aromatic heterocycles. The zero-order valence-electron chi connectivity index (χ0n) is 19.0. The van der Waals surface area contributed by atoms with E-state index < -0.39 is 11.2 Å². The first kappa shape index (κ1) is 23.1. The number of amides is 2. The van der Waals surface area contributed by atoms with Crippen LogP contribution in [0.5, 0.6) is 0 Å². The molecule has 0 heterocycles. The van der Waals surface area contributed by atoms with Gasteiger partial charge < -0.3 is 15.4 Å². The van der Waals surface area contributed by atoms with Crippen LogP contribution < -0.4 is 10.6 Å². The minimum atomic E-state index is -0.519. The first-order chi connectivity index (χ1) is 15.3. The number of esters is 1. The SMILES string of the molecule is Cc1ccc(NC(=O)CS[C@H](C)C(=O)OCC(=O)NCC23CC4CC(CC(C4)C2)C3)cc1. The van der Waals surface area contributed by atoms with Crippen molar-refractivity contribution in [2.24, 2.45) is 23.2 Å². The highest BCUT2D eigenvalue weighted by atomic mass is 32.2. The van der Waals surface area contributed by atoms with Crippen LogP contribution >= 0.6 is 11.8 Å². The lowest BCUT2D eigenvalue weighted by Crippen LogP contribution is -2.51. The molecule has 32 heavy (non-hydrogen) atoms. The molecule has 2 N–H and O–H groups in total. The van der Waals surface area contributed by atoms with Crippen molar-refractivity contribution >= 4 is 35.2 Å². The monoisotopic (exact) mass is 458 g/mol. The summed E-state index contributed by atoms with van der Waals surface area (Å²) in [4.78, 5) is 36.6. The zero-order valence-corrected chi connectivity index (χ0v) is 19.8. The van der Waals surface area contributed by atoms with Crippen LogP contribution in [0, 0.1) is 30.1 Å². The summed E-state index contributed by atoms with van der Waals surface area (Å²) in [6.07, 6.45) is 7.84. The molecule has 7 heteroatoms. The van der Waals surface area contributed by atoms with E-state index in [4.69, 9.17) is 4.74 Å². The van der Waals surface area contributed by atoms with Gasteiger partial charge in [0.15, 0.2) is 6.61 Å². The molecule has 5 rings (SSSR count). The van der Waals surface area contributed by atoms with Crippen LogP contribution in [-0.2, 0) is 19.1 Å². The van der Waals surface area contributed by atoms with Crippen molar-refractivity contribution in [2.75, 3.05) is 24.2 Å². The number of ether oxygens (including phenoxy) is 1. The highest BCUT2D eigenvalue weighted by molar-refractivity contribution is 8.01. The normalized spacial score (nSPS) is 28.8. The summed E-state index contributed by atoms with van der Waals surface area (Å²) in [7, 11) is 0. The summed E-state index contributed by atoms with van der Waals surface area (Å²) < 4.78 is 5.20. The number of carbonyl (C=O) groups is 3. The highest BCUT2D eigenvalue weighted by Gasteiger charge is 2.50. The molecule has 6 nitrogen and oxygen atoms in total. The first-order valence-corrected chi connectivity index (χ1v) is 12.8. The second-order valence-corrected chi connectivity index (χ2v) is 11.5. The van der Waals surface area contributed by atoms with Gasteiger partial charge in [-0.1, -0.05) is 17.7 Å². The van der Waals surface area contributed by atoms with Crippen molar-refractivity contribution in [2.45, 2.75) is 57.6 Å². The van der Waals surface area contributed by atoms with E-state index in [0.29, 0.717) is 6.54 Å². The van der Waals surface area contributed by atoms with Gasteiger partial charge in [-0.2, -0.15) is 0 Å². The number of thioether (sulfide) groups is 1. The van der Waals surface area contributed by atoms with Gasteiger partial charge >= 0.3 is 5.97 Å². The Labute approximate surface area is 194 Å². The summed E-state index contributed by atoms with van der Waals surface area (Å²) in [5.41, 5.74) is 2.12. The van der Waals surface area contributed by atoms with Crippen molar-refractivity contribution in [1.29, 1.82) is 0 Å². The summed E-state index contributed by atoms with van der Waals surface area (Å²) >= 11 is 1.20. The molecule has 0 saturated heterocycles. The molecule has 4 aliphatic rings. The fraction of sp³-hybridized carbons (Fsp3) is 0.640. The first-order valence-electron chi connectivity index (χ1n) is 11.7. The molecular weight excluding hydrogens is 424 g/mol. The minimum Gasteiger partial charge on any atom is -0.455 e. The molecule has 1 aromatic carbocycles. The molecule has 0 unspecified atom stereocenters. The Morgan fingerprint density at radius 2 is 1.62 bits per heavy atom. The fourth-order valence-electron chi connectivity index (χ4n) is 6.20. The molecular formula is C25H34N2O4S. The standard InChI is InChI=1S/C25H34N2O4S/c1-16-3-5-21(6-4-16)27-23(29)14-32-17(2)24(30)31-13-22(28)26-15-25-10-18-7-19(11-25)9-20(8-18)12-25/h3-6,17-20H,7-15H2,1-2H3,(H,26,28)(H,27,29)/t17-,18?,19?,20?,25?/m1/s1. The molecule has 2 amide bonds. The second kappa shape index (κ2) is 9.86. The van der Waals surface area contributed by atoms with Crippen molar-refractivity contribution in [3.05, 3.63) is 29.8 Å². The third kappa shape index (κ3) is 5.85. The van der Waals surface area contributed by atoms with Gasteiger partial charge in [0, 0.05) is 12.2 Å². The van der Waals surface area contributed by atoms with Gasteiger partial charge in [-0.3, -0.25) is 14.4 Å². The van der Waals surface area contributed by atoms with Crippen LogP contribution in [0.15, 0.2) is 24.3 Å². The van der Waals surface area contributed by atoms with Crippen LogP contribution in [-0.4, -0.2) is 41.9 Å². The molecule has 1 aromatic rings. The van der Waals surface area contributed by atoms with E-state index in [1.165, 1.54) is 50.3 Å². The number of carbonyl (C=O) groups excluding carboxylic acids is 3. The summed E-state index contributed by atoms with van der Waals surface area (Å²) in [5.74, 6) is 1.80. The second-order valence-electron chi connectivity index (χ2n) is 10.2. The Bertz CT molecular complexity index is 819. The van der Waals surface area contributed by atoms with Crippen molar-refractivity contribution < 1.29 is 19.1 Å². The van der Waals surface area contributed by atoms with Crippen LogP contribution in [0.3, 0.4) is 0 Å². The van der Waals surface area contributed by atoms with Gasteiger partial charge in [0.25, 0.3) is 5.91 Å². The topological polar surface area (TPSA) is 84.5 Å². The van der Waals surface area contributed by atoms with E-state index in [1.807, 2.05) is 31.2 Å². The summed E-state index contributed by atoms with van der Waals surface area (Å²) in [6.45, 7) is 4.12. The molecule has 4 saturated carbocycles. The highest BCUT2D eigenvalue weighted by Crippen LogP contribution is 2.59. The van der Waals surface area contributed by atoms with E-state index in [-0.39, 0.29) is 29.6 Å². The quantitative estimate of drug-likeness (QED) is 0.548. The lowest BCUT2D eigenvalue weighted by Gasteiger charge is -2.56. The van der Waals surface area contributed by atoms with Gasteiger partial charge in [-0.05, 0) is 87.7 Å². The van der Waals surface area contributed by atoms with Gasteiger partial charge in [0.1, 0.15) is 5.25 Å². The Kier molecular flexibility index (Phi) is 7.13. The average Bonchev–Trinajstić information content (AvgIpc) is 2.75. The number of rotatable bonds is 9. The third-order valence-corrected chi connectivity index (χ3v) is 8.42. The lowest BCUT2D eigenvalue weighted by atomic mass is 9.49. The molecule has 4 bridgehead atoms. The van der Waals surface area contributed by atoms with Crippen LogP contribution in [0.25, 0.3) is 0 Å². The van der Waals surface area contributed by atoms with Gasteiger partial charge in [-0.25, -0.2) is 0 Å². The van der Waals surface area contributed by atoms with Crippen molar-refractivity contribution in [1.82, 2.24) is 5.32 Å². The zero-order chi connectivity index (χ0) is 22.7. The van der Waals surface area contributed by atoms with Crippen molar-refractivity contribution in [3.63, 3.8) is 0 Å². The molecule has 4 aliphatic carbocycles. The molecule has 0 radical (unpaired) electrons. The maximum absolute atomic E-state index is 12.3. The Hall–Kier alpha value is -2.02. The van der Waals surface area contributed by atoms with Crippen LogP contribution in [0.2, 0.25) is 0 Å². The molecule has 174 valence electrons. The maximum atomic E-state index is 12.3. The predicted molar refractivity (Wildman–Crippen MR) is 126 cm³/mol. The van der Waals surface area contributed by atoms with E-state index in [0.717, 1.165) is 29.0 Å². The Morgan fingerprint density at radius 3 is 2.22 bits per heavy atom. The summed E-state index contributed by atoms with van der Waals surface area (Å²) in [6, 6.07) is 7.54.